The molecule has 0 bridgehead atoms. The minimum absolute atomic E-state index is 0.0129. The van der Waals surface area contributed by atoms with Gasteiger partial charge in [-0.1, -0.05) is 12.1 Å². The average Bonchev–Trinajstić information content (AvgIpc) is 2.86. The van der Waals surface area contributed by atoms with E-state index in [9.17, 15) is 4.79 Å². The van der Waals surface area contributed by atoms with E-state index in [1.165, 1.54) is 0 Å². The topological polar surface area (TPSA) is 80.0 Å². The second kappa shape index (κ2) is 6.69. The van der Waals surface area contributed by atoms with Gasteiger partial charge >= 0.3 is 6.03 Å². The molecule has 0 saturated carbocycles. The summed E-state index contributed by atoms with van der Waals surface area (Å²) in [5.41, 5.74) is 7.56. The highest BCUT2D eigenvalue weighted by Gasteiger charge is 2.12. The lowest BCUT2D eigenvalue weighted by atomic mass is 10.1. The third-order valence-corrected chi connectivity index (χ3v) is 4.15. The normalized spacial score (nSPS) is 13.5. The lowest BCUT2D eigenvalue weighted by molar-refractivity contribution is 0.249. The fraction of sp³-hybridized carbons (Fsp3) is 0.333. The van der Waals surface area contributed by atoms with Gasteiger partial charge in [0.2, 0.25) is 0 Å². The zero-order chi connectivity index (χ0) is 15.4. The smallest absolute Gasteiger partial charge is 0.319 e. The van der Waals surface area contributed by atoms with Crippen LogP contribution in [-0.2, 0) is 0 Å². The van der Waals surface area contributed by atoms with Gasteiger partial charge < -0.3 is 16.4 Å². The minimum atomic E-state index is -0.246. The van der Waals surface area contributed by atoms with Gasteiger partial charge in [0.25, 0.3) is 0 Å². The number of aryl methyl sites for hydroxylation is 1. The van der Waals surface area contributed by atoms with Crippen molar-refractivity contribution in [2.75, 3.05) is 5.32 Å². The Bertz CT molecular complexity index is 606. The van der Waals surface area contributed by atoms with Crippen LogP contribution in [0.4, 0.5) is 10.5 Å². The van der Waals surface area contributed by atoms with Gasteiger partial charge in [0, 0.05) is 22.8 Å². The van der Waals surface area contributed by atoms with Crippen molar-refractivity contribution in [2.45, 2.75) is 32.9 Å². The molecule has 112 valence electrons. The van der Waals surface area contributed by atoms with Crippen LogP contribution in [0.15, 0.2) is 30.5 Å². The molecule has 2 amide bonds. The predicted octanol–water partition coefficient (Wildman–Crippen LogP) is 3.35. The Morgan fingerprint density at radius 1 is 1.29 bits per heavy atom. The number of amides is 2. The summed E-state index contributed by atoms with van der Waals surface area (Å²) < 4.78 is 0. The van der Waals surface area contributed by atoms with Crippen molar-refractivity contribution in [2.24, 2.45) is 5.73 Å². The Balaban J connectivity index is 1.92. The number of thiazole rings is 1. The number of nitrogens with two attached hydrogens (primary N) is 1. The van der Waals surface area contributed by atoms with Gasteiger partial charge in [0.1, 0.15) is 5.01 Å². The van der Waals surface area contributed by atoms with Crippen LogP contribution in [-0.4, -0.2) is 11.0 Å². The number of hydrogen-bond donors (Lipinski definition) is 3. The number of urea groups is 1. The molecule has 1 heterocycles. The van der Waals surface area contributed by atoms with E-state index in [4.69, 9.17) is 5.73 Å². The molecule has 2 unspecified atom stereocenters. The van der Waals surface area contributed by atoms with E-state index >= 15 is 0 Å². The molecular weight excluding hydrogens is 284 g/mol. The second-order valence-corrected chi connectivity index (χ2v) is 6.31. The molecule has 2 atom stereocenters. The van der Waals surface area contributed by atoms with Gasteiger partial charge in [-0.3, -0.25) is 0 Å². The Morgan fingerprint density at radius 2 is 1.95 bits per heavy atom. The summed E-state index contributed by atoms with van der Waals surface area (Å²) in [6.07, 6.45) is 1.81. The van der Waals surface area contributed by atoms with E-state index in [0.717, 1.165) is 21.1 Å². The highest BCUT2D eigenvalue weighted by Crippen LogP contribution is 2.19. The van der Waals surface area contributed by atoms with E-state index in [1.807, 2.05) is 51.2 Å². The lowest BCUT2D eigenvalue weighted by Crippen LogP contribution is -2.31. The summed E-state index contributed by atoms with van der Waals surface area (Å²) in [5.74, 6) is 0. The molecule has 21 heavy (non-hydrogen) atoms. The van der Waals surface area contributed by atoms with Gasteiger partial charge in [-0.25, -0.2) is 9.78 Å². The first-order valence-corrected chi connectivity index (χ1v) is 7.62. The van der Waals surface area contributed by atoms with E-state index < -0.39 is 0 Å². The largest absolute Gasteiger partial charge is 0.329 e. The summed E-state index contributed by atoms with van der Waals surface area (Å²) in [5, 5.41) is 6.57. The van der Waals surface area contributed by atoms with Crippen LogP contribution in [0.25, 0.3) is 0 Å². The molecule has 0 spiro atoms. The Hall–Kier alpha value is -1.92. The van der Waals surface area contributed by atoms with Gasteiger partial charge in [-0.05, 0) is 38.5 Å². The first kappa shape index (κ1) is 15.5. The summed E-state index contributed by atoms with van der Waals surface area (Å²) >= 11 is 1.58. The number of benzene rings is 1. The van der Waals surface area contributed by atoms with Crippen molar-refractivity contribution in [1.29, 1.82) is 0 Å². The quantitative estimate of drug-likeness (QED) is 0.810. The molecule has 4 N–H and O–H groups in total. The summed E-state index contributed by atoms with van der Waals surface area (Å²) in [4.78, 5) is 17.4. The first-order chi connectivity index (χ1) is 9.95. The number of hydrogen-bond acceptors (Lipinski definition) is 4. The summed E-state index contributed by atoms with van der Waals surface area (Å²) in [6.45, 7) is 5.83. The van der Waals surface area contributed by atoms with Crippen LogP contribution in [0.5, 0.6) is 0 Å². The second-order valence-electron chi connectivity index (χ2n) is 5.04. The fourth-order valence-corrected chi connectivity index (χ4v) is 2.64. The fourth-order valence-electron chi connectivity index (χ4n) is 1.87. The van der Waals surface area contributed by atoms with Gasteiger partial charge in [0.05, 0.1) is 6.04 Å². The molecule has 1 aromatic carbocycles. The van der Waals surface area contributed by atoms with Crippen molar-refractivity contribution >= 4 is 23.1 Å². The molecular formula is C15H20N4OS. The zero-order valence-corrected chi connectivity index (χ0v) is 13.2. The third-order valence-electron chi connectivity index (χ3n) is 3.05. The number of nitrogens with one attached hydrogen (secondary N) is 2. The zero-order valence-electron chi connectivity index (χ0n) is 12.4. The number of anilines is 1. The van der Waals surface area contributed by atoms with E-state index in [1.54, 1.807) is 11.3 Å². The molecule has 0 radical (unpaired) electrons. The van der Waals surface area contributed by atoms with Crippen molar-refractivity contribution in [3.05, 3.63) is 45.9 Å². The van der Waals surface area contributed by atoms with Gasteiger partial charge in [-0.15, -0.1) is 11.3 Å². The highest BCUT2D eigenvalue weighted by atomic mass is 32.1. The summed E-state index contributed by atoms with van der Waals surface area (Å²) in [6, 6.07) is 7.13. The minimum Gasteiger partial charge on any atom is -0.329 e. The van der Waals surface area contributed by atoms with E-state index in [-0.39, 0.29) is 18.1 Å². The molecule has 5 nitrogen and oxygen atoms in total. The van der Waals surface area contributed by atoms with Crippen molar-refractivity contribution in [1.82, 2.24) is 10.3 Å². The SMILES string of the molecule is Cc1cnc(C(C)NC(=O)Nc2ccc(C(C)N)cc2)s1. The predicted molar refractivity (Wildman–Crippen MR) is 86.5 cm³/mol. The molecule has 0 saturated heterocycles. The number of rotatable bonds is 4. The molecule has 2 aromatic rings. The molecule has 0 aliphatic carbocycles. The maximum atomic E-state index is 12.0. The van der Waals surface area contributed by atoms with Crippen LogP contribution >= 0.6 is 11.3 Å². The van der Waals surface area contributed by atoms with E-state index in [0.29, 0.717) is 0 Å². The number of carbonyl (C=O) groups is 1. The molecule has 1 aromatic heterocycles. The molecule has 0 fully saturated rings. The van der Waals surface area contributed by atoms with Crippen molar-refractivity contribution < 1.29 is 4.79 Å². The highest BCUT2D eigenvalue weighted by molar-refractivity contribution is 7.11. The Kier molecular flexibility index (Phi) is 4.93. The maximum absolute atomic E-state index is 12.0. The van der Waals surface area contributed by atoms with Crippen molar-refractivity contribution in [3.8, 4) is 0 Å². The van der Waals surface area contributed by atoms with Gasteiger partial charge in [0.15, 0.2) is 0 Å². The first-order valence-electron chi connectivity index (χ1n) is 6.81. The van der Waals surface area contributed by atoms with E-state index in [2.05, 4.69) is 15.6 Å². The van der Waals surface area contributed by atoms with Crippen LogP contribution in [0, 0.1) is 6.92 Å². The Labute approximate surface area is 128 Å². The third kappa shape index (κ3) is 4.27. The summed E-state index contributed by atoms with van der Waals surface area (Å²) in [7, 11) is 0. The lowest BCUT2D eigenvalue weighted by Gasteiger charge is -2.13. The monoisotopic (exact) mass is 304 g/mol. The van der Waals surface area contributed by atoms with Crippen molar-refractivity contribution in [3.63, 3.8) is 0 Å². The molecule has 6 heteroatoms. The maximum Gasteiger partial charge on any atom is 0.319 e. The van der Waals surface area contributed by atoms with Crippen LogP contribution in [0.1, 0.15) is 41.4 Å². The number of aromatic nitrogens is 1. The number of carbonyl (C=O) groups excluding carboxylic acids is 1. The number of nitrogens with zero attached hydrogens (tertiary/aromatic N) is 1. The van der Waals surface area contributed by atoms with Crippen LogP contribution in [0.3, 0.4) is 0 Å². The standard InChI is InChI=1S/C15H20N4OS/c1-9-8-17-14(21-9)11(3)18-15(20)19-13-6-4-12(5-7-13)10(2)16/h4-8,10-11H,16H2,1-3H3,(H2,18,19,20). The van der Waals surface area contributed by atoms with Crippen LogP contribution in [0.2, 0.25) is 0 Å². The van der Waals surface area contributed by atoms with Gasteiger partial charge in [-0.2, -0.15) is 0 Å². The molecule has 2 rings (SSSR count). The Morgan fingerprint density at radius 3 is 2.48 bits per heavy atom. The molecule has 0 aliphatic heterocycles. The molecule has 0 aliphatic rings. The van der Waals surface area contributed by atoms with Crippen LogP contribution < -0.4 is 16.4 Å². The average molecular weight is 304 g/mol.